The Morgan fingerprint density at radius 2 is 2.17 bits per heavy atom. The molecule has 1 aromatic heterocycles. The number of carbonyl (C=O) groups excluding carboxylic acids is 1. The highest BCUT2D eigenvalue weighted by atomic mass is 16.5. The maximum absolute atomic E-state index is 12.7. The van der Waals surface area contributed by atoms with Gasteiger partial charge in [-0.25, -0.2) is 0 Å². The van der Waals surface area contributed by atoms with Crippen LogP contribution in [0.3, 0.4) is 0 Å². The third-order valence-corrected chi connectivity index (χ3v) is 4.26. The summed E-state index contributed by atoms with van der Waals surface area (Å²) >= 11 is 0. The number of nitrogens with one attached hydrogen (secondary N) is 1. The predicted molar refractivity (Wildman–Crippen MR) is 88.3 cm³/mol. The zero-order valence-corrected chi connectivity index (χ0v) is 13.5. The fourth-order valence-corrected chi connectivity index (χ4v) is 2.87. The molecule has 3 rings (SSSR count). The number of hydrogen-bond donors (Lipinski definition) is 1. The molecule has 1 N–H and O–H groups in total. The maximum Gasteiger partial charge on any atom is 0.271 e. The molecular weight excluding hydrogens is 290 g/mol. The zero-order valence-electron chi connectivity index (χ0n) is 13.5. The lowest BCUT2D eigenvalue weighted by Gasteiger charge is -2.25. The molecule has 122 valence electrons. The summed E-state index contributed by atoms with van der Waals surface area (Å²) in [6, 6.07) is 10.2. The molecule has 1 fully saturated rings. The number of aromatic amines is 1. The highest BCUT2D eigenvalue weighted by Crippen LogP contribution is 2.15. The average molecular weight is 313 g/mol. The number of aromatic nitrogens is 2. The molecule has 0 aliphatic carbocycles. The fourth-order valence-electron chi connectivity index (χ4n) is 2.87. The minimum Gasteiger partial charge on any atom is -0.376 e. The van der Waals surface area contributed by atoms with Crippen molar-refractivity contribution < 1.29 is 9.53 Å². The molecule has 2 aromatic rings. The van der Waals surface area contributed by atoms with Gasteiger partial charge >= 0.3 is 0 Å². The second-order valence-corrected chi connectivity index (χ2v) is 6.09. The van der Waals surface area contributed by atoms with E-state index in [0.29, 0.717) is 18.8 Å². The number of H-pyrrole nitrogens is 1. The summed E-state index contributed by atoms with van der Waals surface area (Å²) in [5.41, 5.74) is 3.02. The van der Waals surface area contributed by atoms with E-state index in [2.05, 4.69) is 41.4 Å². The van der Waals surface area contributed by atoms with Crippen molar-refractivity contribution in [3.05, 3.63) is 53.3 Å². The van der Waals surface area contributed by atoms with Gasteiger partial charge in [-0.15, -0.1) is 0 Å². The van der Waals surface area contributed by atoms with Gasteiger partial charge in [0.15, 0.2) is 0 Å². The van der Waals surface area contributed by atoms with Crippen LogP contribution >= 0.6 is 0 Å². The molecule has 5 heteroatoms. The van der Waals surface area contributed by atoms with E-state index in [-0.39, 0.29) is 12.0 Å². The minimum atomic E-state index is -0.00916. The third-order valence-electron chi connectivity index (χ3n) is 4.26. The van der Waals surface area contributed by atoms with E-state index in [9.17, 15) is 4.79 Å². The van der Waals surface area contributed by atoms with Crippen LogP contribution in [0.25, 0.3) is 0 Å². The van der Waals surface area contributed by atoms with Crippen molar-refractivity contribution in [2.24, 2.45) is 0 Å². The molecule has 1 saturated heterocycles. The van der Waals surface area contributed by atoms with Gasteiger partial charge in [-0.1, -0.05) is 29.8 Å². The van der Waals surface area contributed by atoms with E-state index in [4.69, 9.17) is 4.74 Å². The molecule has 0 spiro atoms. The van der Waals surface area contributed by atoms with E-state index >= 15 is 0 Å². The Morgan fingerprint density at radius 1 is 1.35 bits per heavy atom. The van der Waals surface area contributed by atoms with Crippen LogP contribution < -0.4 is 0 Å². The number of benzene rings is 1. The molecule has 0 radical (unpaired) electrons. The van der Waals surface area contributed by atoms with Gasteiger partial charge < -0.3 is 9.64 Å². The van der Waals surface area contributed by atoms with Gasteiger partial charge in [-0.3, -0.25) is 9.89 Å². The SMILES string of the molecule is Cc1ccc(CCN(C[C@@H]2CCCO2)C(=O)c2ccn[nH]2)cc1. The van der Waals surface area contributed by atoms with Gasteiger partial charge in [-0.2, -0.15) is 5.10 Å². The number of ether oxygens (including phenoxy) is 1. The minimum absolute atomic E-state index is 0.00916. The van der Waals surface area contributed by atoms with Crippen molar-refractivity contribution in [3.63, 3.8) is 0 Å². The molecular formula is C18H23N3O2. The first kappa shape index (κ1) is 15.7. The summed E-state index contributed by atoms with van der Waals surface area (Å²) in [7, 11) is 0. The molecule has 1 amide bonds. The lowest BCUT2D eigenvalue weighted by molar-refractivity contribution is 0.0524. The summed E-state index contributed by atoms with van der Waals surface area (Å²) in [4.78, 5) is 14.5. The Balaban J connectivity index is 1.66. The smallest absolute Gasteiger partial charge is 0.271 e. The quantitative estimate of drug-likeness (QED) is 0.892. The zero-order chi connectivity index (χ0) is 16.1. The van der Waals surface area contributed by atoms with Crippen molar-refractivity contribution in [2.45, 2.75) is 32.3 Å². The van der Waals surface area contributed by atoms with Gasteiger partial charge in [0.1, 0.15) is 5.69 Å². The lowest BCUT2D eigenvalue weighted by atomic mass is 10.1. The van der Waals surface area contributed by atoms with Crippen LogP contribution in [0.2, 0.25) is 0 Å². The van der Waals surface area contributed by atoms with Crippen LogP contribution in [-0.4, -0.2) is 46.8 Å². The van der Waals surface area contributed by atoms with Gasteiger partial charge in [0.25, 0.3) is 5.91 Å². The van der Waals surface area contributed by atoms with Crippen molar-refractivity contribution in [1.29, 1.82) is 0 Å². The largest absolute Gasteiger partial charge is 0.376 e. The van der Waals surface area contributed by atoms with Crippen LogP contribution in [0.15, 0.2) is 36.5 Å². The molecule has 0 bridgehead atoms. The van der Waals surface area contributed by atoms with Gasteiger partial charge in [0, 0.05) is 25.9 Å². The first-order valence-corrected chi connectivity index (χ1v) is 8.18. The Labute approximate surface area is 136 Å². The Bertz CT molecular complexity index is 616. The van der Waals surface area contributed by atoms with E-state index in [1.165, 1.54) is 11.1 Å². The van der Waals surface area contributed by atoms with Gasteiger partial charge in [-0.05, 0) is 37.8 Å². The molecule has 2 heterocycles. The fraction of sp³-hybridized carbons (Fsp3) is 0.444. The van der Waals surface area contributed by atoms with Crippen molar-refractivity contribution >= 4 is 5.91 Å². The average Bonchev–Trinajstić information content (AvgIpc) is 3.26. The molecule has 1 aliphatic heterocycles. The molecule has 1 atom stereocenters. The van der Waals surface area contributed by atoms with E-state index < -0.39 is 0 Å². The van der Waals surface area contributed by atoms with Crippen LogP contribution in [0.1, 0.15) is 34.5 Å². The number of amides is 1. The highest BCUT2D eigenvalue weighted by molar-refractivity contribution is 5.92. The van der Waals surface area contributed by atoms with E-state index in [1.54, 1.807) is 12.3 Å². The second-order valence-electron chi connectivity index (χ2n) is 6.09. The number of carbonyl (C=O) groups is 1. The predicted octanol–water partition coefficient (Wildman–Crippen LogP) is 2.58. The monoisotopic (exact) mass is 313 g/mol. The summed E-state index contributed by atoms with van der Waals surface area (Å²) in [6.45, 7) is 4.20. The second kappa shape index (κ2) is 7.42. The third kappa shape index (κ3) is 4.20. The number of aryl methyl sites for hydroxylation is 1. The summed E-state index contributed by atoms with van der Waals surface area (Å²) in [6.07, 6.45) is 4.70. The normalized spacial score (nSPS) is 17.3. The summed E-state index contributed by atoms with van der Waals surface area (Å²) in [5.74, 6) is -0.00916. The Hall–Kier alpha value is -2.14. The van der Waals surface area contributed by atoms with Crippen molar-refractivity contribution in [2.75, 3.05) is 19.7 Å². The summed E-state index contributed by atoms with van der Waals surface area (Å²) < 4.78 is 5.70. The van der Waals surface area contributed by atoms with Crippen LogP contribution in [0.4, 0.5) is 0 Å². The first-order chi connectivity index (χ1) is 11.2. The maximum atomic E-state index is 12.7. The topological polar surface area (TPSA) is 58.2 Å². The molecule has 0 saturated carbocycles. The molecule has 5 nitrogen and oxygen atoms in total. The van der Waals surface area contributed by atoms with E-state index in [0.717, 1.165) is 25.9 Å². The Kier molecular flexibility index (Phi) is 5.08. The van der Waals surface area contributed by atoms with Crippen molar-refractivity contribution in [3.8, 4) is 0 Å². The molecule has 1 aromatic carbocycles. The first-order valence-electron chi connectivity index (χ1n) is 8.18. The number of rotatable bonds is 6. The van der Waals surface area contributed by atoms with Gasteiger partial charge in [0.2, 0.25) is 0 Å². The summed E-state index contributed by atoms with van der Waals surface area (Å²) in [5, 5.41) is 6.65. The van der Waals surface area contributed by atoms with E-state index in [1.807, 2.05) is 4.90 Å². The Morgan fingerprint density at radius 3 is 2.83 bits per heavy atom. The van der Waals surface area contributed by atoms with Crippen molar-refractivity contribution in [1.82, 2.24) is 15.1 Å². The molecule has 23 heavy (non-hydrogen) atoms. The van der Waals surface area contributed by atoms with Crippen LogP contribution in [0.5, 0.6) is 0 Å². The number of nitrogens with zero attached hydrogens (tertiary/aromatic N) is 2. The highest BCUT2D eigenvalue weighted by Gasteiger charge is 2.23. The van der Waals surface area contributed by atoms with Crippen LogP contribution in [-0.2, 0) is 11.2 Å². The lowest BCUT2D eigenvalue weighted by Crippen LogP contribution is -2.39. The molecule has 1 aliphatic rings. The number of hydrogen-bond acceptors (Lipinski definition) is 3. The van der Waals surface area contributed by atoms with Crippen LogP contribution in [0, 0.1) is 6.92 Å². The molecule has 0 unspecified atom stereocenters. The standard InChI is InChI=1S/C18H23N3O2/c1-14-4-6-15(7-5-14)9-11-21(13-16-3-2-12-23-16)18(22)17-8-10-19-20-17/h4-8,10,16H,2-3,9,11-13H2,1H3,(H,19,20)/t16-/m0/s1. The van der Waals surface area contributed by atoms with Gasteiger partial charge in [0.05, 0.1) is 6.10 Å².